The van der Waals surface area contributed by atoms with Crippen LogP contribution in [0.1, 0.15) is 13.3 Å². The Hall–Kier alpha value is -2.57. The average Bonchev–Trinajstić information content (AvgIpc) is 3.06. The SMILES string of the molecule is C[C@H](NC(=O)CCn1cncn1)[C@@H]1COc2ccccc2O1. The second-order valence-corrected chi connectivity index (χ2v) is 5.18. The van der Waals surface area contributed by atoms with Crippen molar-refractivity contribution in [2.45, 2.75) is 32.0 Å². The molecule has 1 aromatic carbocycles. The van der Waals surface area contributed by atoms with Gasteiger partial charge in [0.05, 0.1) is 12.6 Å². The lowest BCUT2D eigenvalue weighted by molar-refractivity contribution is -0.122. The van der Waals surface area contributed by atoms with E-state index in [1.807, 2.05) is 31.2 Å². The number of nitrogens with zero attached hydrogens (tertiary/aromatic N) is 3. The van der Waals surface area contributed by atoms with Gasteiger partial charge in [-0.2, -0.15) is 5.10 Å². The summed E-state index contributed by atoms with van der Waals surface area (Å²) in [4.78, 5) is 15.8. The molecule has 2 aromatic rings. The zero-order valence-electron chi connectivity index (χ0n) is 12.3. The molecular weight excluding hydrogens is 284 g/mol. The summed E-state index contributed by atoms with van der Waals surface area (Å²) in [7, 11) is 0. The van der Waals surface area contributed by atoms with Crippen molar-refractivity contribution in [2.24, 2.45) is 0 Å². The minimum absolute atomic E-state index is 0.0505. The molecule has 22 heavy (non-hydrogen) atoms. The number of fused-ring (bicyclic) bond motifs is 1. The molecule has 0 spiro atoms. The van der Waals surface area contributed by atoms with E-state index < -0.39 is 0 Å². The van der Waals surface area contributed by atoms with Crippen LogP contribution in [0.3, 0.4) is 0 Å². The minimum atomic E-state index is -0.203. The Balaban J connectivity index is 1.50. The number of para-hydroxylation sites is 2. The van der Waals surface area contributed by atoms with Crippen LogP contribution >= 0.6 is 0 Å². The molecule has 116 valence electrons. The smallest absolute Gasteiger partial charge is 0.222 e. The highest BCUT2D eigenvalue weighted by Gasteiger charge is 2.26. The lowest BCUT2D eigenvalue weighted by Crippen LogP contribution is -2.48. The van der Waals surface area contributed by atoms with Gasteiger partial charge in [0, 0.05) is 6.42 Å². The summed E-state index contributed by atoms with van der Waals surface area (Å²) in [6.07, 6.45) is 3.18. The Morgan fingerprint density at radius 1 is 1.45 bits per heavy atom. The Morgan fingerprint density at radius 2 is 2.27 bits per heavy atom. The number of amides is 1. The average molecular weight is 302 g/mol. The molecule has 3 rings (SSSR count). The topological polar surface area (TPSA) is 78.3 Å². The first kappa shape index (κ1) is 14.4. The summed E-state index contributed by atoms with van der Waals surface area (Å²) in [6, 6.07) is 7.38. The molecule has 0 saturated heterocycles. The maximum atomic E-state index is 12.0. The summed E-state index contributed by atoms with van der Waals surface area (Å²) in [5.41, 5.74) is 0. The number of carbonyl (C=O) groups is 1. The highest BCUT2D eigenvalue weighted by atomic mass is 16.6. The molecule has 1 N–H and O–H groups in total. The lowest BCUT2D eigenvalue weighted by Gasteiger charge is -2.30. The molecule has 7 heteroatoms. The van der Waals surface area contributed by atoms with Gasteiger partial charge in [-0.3, -0.25) is 9.48 Å². The number of benzene rings is 1. The van der Waals surface area contributed by atoms with Crippen molar-refractivity contribution < 1.29 is 14.3 Å². The molecular formula is C15H18N4O3. The van der Waals surface area contributed by atoms with Crippen LogP contribution in [0.4, 0.5) is 0 Å². The van der Waals surface area contributed by atoms with Gasteiger partial charge in [0.15, 0.2) is 17.6 Å². The number of aromatic nitrogens is 3. The Morgan fingerprint density at radius 3 is 3.05 bits per heavy atom. The Bertz CT molecular complexity index is 629. The normalized spacial score (nSPS) is 17.8. The van der Waals surface area contributed by atoms with Gasteiger partial charge >= 0.3 is 0 Å². The quantitative estimate of drug-likeness (QED) is 0.892. The molecule has 1 aliphatic heterocycles. The number of carbonyl (C=O) groups excluding carboxylic acids is 1. The monoisotopic (exact) mass is 302 g/mol. The zero-order valence-corrected chi connectivity index (χ0v) is 12.3. The highest BCUT2D eigenvalue weighted by molar-refractivity contribution is 5.76. The van der Waals surface area contributed by atoms with E-state index >= 15 is 0 Å². The van der Waals surface area contributed by atoms with Crippen molar-refractivity contribution in [1.82, 2.24) is 20.1 Å². The highest BCUT2D eigenvalue weighted by Crippen LogP contribution is 2.31. The van der Waals surface area contributed by atoms with E-state index in [1.165, 1.54) is 6.33 Å². The lowest BCUT2D eigenvalue weighted by atomic mass is 10.1. The van der Waals surface area contributed by atoms with Crippen molar-refractivity contribution in [2.75, 3.05) is 6.61 Å². The molecule has 0 unspecified atom stereocenters. The van der Waals surface area contributed by atoms with E-state index in [4.69, 9.17) is 9.47 Å². The summed E-state index contributed by atoms with van der Waals surface area (Å²) in [5, 5.41) is 6.90. The van der Waals surface area contributed by atoms with E-state index in [2.05, 4.69) is 15.4 Å². The number of aryl methyl sites for hydroxylation is 1. The first-order valence-corrected chi connectivity index (χ1v) is 7.22. The van der Waals surface area contributed by atoms with E-state index in [-0.39, 0.29) is 18.1 Å². The summed E-state index contributed by atoms with van der Waals surface area (Å²) >= 11 is 0. The van der Waals surface area contributed by atoms with Gasteiger partial charge < -0.3 is 14.8 Å². The largest absolute Gasteiger partial charge is 0.486 e. The molecule has 7 nitrogen and oxygen atoms in total. The molecule has 1 aliphatic rings. The molecule has 2 heterocycles. The van der Waals surface area contributed by atoms with Crippen LogP contribution in [0.25, 0.3) is 0 Å². The number of ether oxygens (including phenoxy) is 2. The van der Waals surface area contributed by atoms with Crippen molar-refractivity contribution in [3.63, 3.8) is 0 Å². The number of hydrogen-bond donors (Lipinski definition) is 1. The summed E-state index contributed by atoms with van der Waals surface area (Å²) in [6.45, 7) is 2.83. The minimum Gasteiger partial charge on any atom is -0.486 e. The third-order valence-electron chi connectivity index (χ3n) is 3.51. The summed E-state index contributed by atoms with van der Waals surface area (Å²) < 4.78 is 13.2. The van der Waals surface area contributed by atoms with Crippen LogP contribution in [-0.4, -0.2) is 39.4 Å². The maximum absolute atomic E-state index is 12.0. The molecule has 0 saturated carbocycles. The van der Waals surface area contributed by atoms with Crippen molar-refractivity contribution in [1.29, 1.82) is 0 Å². The van der Waals surface area contributed by atoms with E-state index in [1.54, 1.807) is 11.0 Å². The second-order valence-electron chi connectivity index (χ2n) is 5.18. The van der Waals surface area contributed by atoms with Crippen LogP contribution in [-0.2, 0) is 11.3 Å². The van der Waals surface area contributed by atoms with Gasteiger partial charge in [0.2, 0.25) is 5.91 Å². The number of nitrogens with one attached hydrogen (secondary N) is 1. The zero-order chi connectivity index (χ0) is 15.4. The fourth-order valence-electron chi connectivity index (χ4n) is 2.27. The molecule has 1 amide bonds. The van der Waals surface area contributed by atoms with Gasteiger partial charge in [0.25, 0.3) is 0 Å². The van der Waals surface area contributed by atoms with Crippen LogP contribution in [0.5, 0.6) is 11.5 Å². The van der Waals surface area contributed by atoms with Crippen LogP contribution in [0.15, 0.2) is 36.9 Å². The maximum Gasteiger partial charge on any atom is 0.222 e. The fraction of sp³-hybridized carbons (Fsp3) is 0.400. The predicted molar refractivity (Wildman–Crippen MR) is 78.6 cm³/mol. The van der Waals surface area contributed by atoms with Crippen molar-refractivity contribution in [3.8, 4) is 11.5 Å². The first-order valence-electron chi connectivity index (χ1n) is 7.22. The molecule has 0 radical (unpaired) electrons. The fourth-order valence-corrected chi connectivity index (χ4v) is 2.27. The van der Waals surface area contributed by atoms with E-state index in [9.17, 15) is 4.79 Å². The van der Waals surface area contributed by atoms with Crippen molar-refractivity contribution in [3.05, 3.63) is 36.9 Å². The van der Waals surface area contributed by atoms with Crippen LogP contribution in [0.2, 0.25) is 0 Å². The summed E-state index contributed by atoms with van der Waals surface area (Å²) in [5.74, 6) is 1.40. The van der Waals surface area contributed by atoms with Crippen LogP contribution < -0.4 is 14.8 Å². The van der Waals surface area contributed by atoms with Gasteiger partial charge in [-0.15, -0.1) is 0 Å². The molecule has 0 fully saturated rings. The third-order valence-corrected chi connectivity index (χ3v) is 3.51. The molecule has 0 aliphatic carbocycles. The molecule has 2 atom stereocenters. The van der Waals surface area contributed by atoms with Gasteiger partial charge in [-0.25, -0.2) is 4.98 Å². The standard InChI is InChI=1S/C15H18N4O3/c1-11(18-15(20)6-7-19-10-16-9-17-19)14-8-21-12-4-2-3-5-13(12)22-14/h2-5,9-11,14H,6-8H2,1H3,(H,18,20)/t11-,14-/m0/s1. The second kappa shape index (κ2) is 6.46. The van der Waals surface area contributed by atoms with Crippen molar-refractivity contribution >= 4 is 5.91 Å². The molecule has 1 aromatic heterocycles. The Kier molecular flexibility index (Phi) is 4.22. The van der Waals surface area contributed by atoms with Gasteiger partial charge in [-0.1, -0.05) is 12.1 Å². The Labute approximate surface area is 128 Å². The first-order chi connectivity index (χ1) is 10.7. The molecule has 0 bridgehead atoms. The van der Waals surface area contributed by atoms with Crippen LogP contribution in [0, 0.1) is 0 Å². The van der Waals surface area contributed by atoms with E-state index in [0.29, 0.717) is 25.3 Å². The van der Waals surface area contributed by atoms with E-state index in [0.717, 1.165) is 5.75 Å². The number of hydrogen-bond acceptors (Lipinski definition) is 5. The third kappa shape index (κ3) is 3.36. The number of rotatable bonds is 5. The predicted octanol–water partition coefficient (Wildman–Crippen LogP) is 1.01. The van der Waals surface area contributed by atoms with Gasteiger partial charge in [0.1, 0.15) is 19.3 Å². The van der Waals surface area contributed by atoms with Gasteiger partial charge in [-0.05, 0) is 19.1 Å².